The lowest BCUT2D eigenvalue weighted by Gasteiger charge is -2.36. The first-order valence-corrected chi connectivity index (χ1v) is 12.5. The molecule has 2 atom stereocenters. The maximum absolute atomic E-state index is 13.9. The van der Waals surface area contributed by atoms with Gasteiger partial charge in [-0.05, 0) is 24.6 Å². The van der Waals surface area contributed by atoms with Crippen LogP contribution in [0.1, 0.15) is 23.5 Å². The van der Waals surface area contributed by atoms with Crippen LogP contribution in [-0.4, -0.2) is 71.8 Å². The fraction of sp³-hybridized carbons (Fsp3) is 0.364. The Morgan fingerprint density at radius 2 is 2.29 bits per heavy atom. The van der Waals surface area contributed by atoms with Crippen molar-refractivity contribution in [2.45, 2.75) is 19.0 Å². The van der Waals surface area contributed by atoms with Gasteiger partial charge in [-0.15, -0.1) is 11.3 Å². The number of rotatable bonds is 7. The first-order valence-electron chi connectivity index (χ1n) is 10.8. The number of ether oxygens (including phenoxy) is 2. The van der Waals surface area contributed by atoms with Crippen molar-refractivity contribution in [2.24, 2.45) is 4.99 Å². The van der Waals surface area contributed by atoms with E-state index in [1.54, 1.807) is 34.9 Å². The fourth-order valence-electron chi connectivity index (χ4n) is 3.91. The van der Waals surface area contributed by atoms with Crippen LogP contribution in [0, 0.1) is 5.82 Å². The second-order valence-corrected chi connectivity index (χ2v) is 9.41. The van der Waals surface area contributed by atoms with Crippen LogP contribution in [0.25, 0.3) is 0 Å². The van der Waals surface area contributed by atoms with Crippen molar-refractivity contribution in [1.82, 2.24) is 20.7 Å². The lowest BCUT2D eigenvalue weighted by Crippen LogP contribution is -2.55. The summed E-state index contributed by atoms with van der Waals surface area (Å²) in [7, 11) is 0. The van der Waals surface area contributed by atoms with Crippen molar-refractivity contribution < 1.29 is 28.7 Å². The van der Waals surface area contributed by atoms with E-state index in [-0.39, 0.29) is 25.3 Å². The third-order valence-electron chi connectivity index (χ3n) is 5.53. The van der Waals surface area contributed by atoms with Gasteiger partial charge in [-0.1, -0.05) is 22.0 Å². The summed E-state index contributed by atoms with van der Waals surface area (Å²) in [5.41, 5.74) is 2.93. The minimum Gasteiger partial charge on any atom is -0.463 e. The van der Waals surface area contributed by atoms with Crippen LogP contribution >= 0.6 is 27.3 Å². The lowest BCUT2D eigenvalue weighted by atomic mass is 9.95. The second kappa shape index (κ2) is 11.4. The minimum atomic E-state index is -0.828. The van der Waals surface area contributed by atoms with Crippen molar-refractivity contribution >= 4 is 45.0 Å². The zero-order valence-electron chi connectivity index (χ0n) is 18.7. The summed E-state index contributed by atoms with van der Waals surface area (Å²) in [6, 6.07) is 2.57. The number of benzene rings is 1. The average Bonchev–Trinajstić information content (AvgIpc) is 3.39. The van der Waals surface area contributed by atoms with E-state index >= 15 is 0 Å². The van der Waals surface area contributed by atoms with E-state index in [9.17, 15) is 19.2 Å². The first kappa shape index (κ1) is 25.4. The molecule has 1 aromatic carbocycles. The molecule has 3 N–H and O–H groups in total. The number of hydrogen-bond acceptors (Lipinski definition) is 10. The Balaban J connectivity index is 1.82. The molecule has 0 aliphatic carbocycles. The molecule has 1 unspecified atom stereocenters. The number of amides is 1. The fourth-order valence-corrected chi connectivity index (χ4v) is 5.07. The number of thiazole rings is 1. The van der Waals surface area contributed by atoms with E-state index in [1.807, 2.05) is 0 Å². The van der Waals surface area contributed by atoms with Crippen LogP contribution in [0.5, 0.6) is 0 Å². The second-order valence-electron chi connectivity index (χ2n) is 7.66. The van der Waals surface area contributed by atoms with Crippen LogP contribution in [0.2, 0.25) is 0 Å². The zero-order valence-corrected chi connectivity index (χ0v) is 21.1. The van der Waals surface area contributed by atoms with E-state index in [4.69, 9.17) is 14.5 Å². The highest BCUT2D eigenvalue weighted by Gasteiger charge is 2.37. The van der Waals surface area contributed by atoms with Crippen LogP contribution in [-0.2, 0) is 19.1 Å². The maximum Gasteiger partial charge on any atom is 0.338 e. The normalized spacial score (nSPS) is 20.7. The van der Waals surface area contributed by atoms with Gasteiger partial charge in [0, 0.05) is 34.8 Å². The molecule has 4 rings (SSSR count). The molecule has 0 bridgehead atoms. The standard InChI is InChI=1S/C22H23BrFN5O5S/c1-2-34-22(31)17-15(10-29-6-7-33-11-16(29)20(30)28-32)26-19(21-25-5-8-35-21)27-18(17)13-4-3-12(24)9-14(13)23/h3-5,8-9,16,18,32H,2,6-7,10-11H2,1H3,(H,26,27)(H,28,30)/t16-,18?/m0/s1. The summed E-state index contributed by atoms with van der Waals surface area (Å²) < 4.78 is 25.1. The Labute approximate surface area is 212 Å². The molecule has 2 aliphatic heterocycles. The predicted molar refractivity (Wildman–Crippen MR) is 128 cm³/mol. The Bertz CT molecular complexity index is 1160. The topological polar surface area (TPSA) is 125 Å². The van der Waals surface area contributed by atoms with E-state index in [2.05, 4.69) is 26.2 Å². The number of carbonyl (C=O) groups is 2. The summed E-state index contributed by atoms with van der Waals surface area (Å²) in [5.74, 6) is -1.22. The number of hydrogen-bond donors (Lipinski definition) is 3. The van der Waals surface area contributed by atoms with Gasteiger partial charge in [-0.25, -0.2) is 19.6 Å². The van der Waals surface area contributed by atoms with Crippen molar-refractivity contribution in [3.63, 3.8) is 0 Å². The third kappa shape index (κ3) is 5.59. The van der Waals surface area contributed by atoms with Gasteiger partial charge in [-0.2, -0.15) is 0 Å². The number of morpholine rings is 1. The molecule has 13 heteroatoms. The van der Waals surface area contributed by atoms with E-state index in [0.717, 1.165) is 0 Å². The molecular formula is C22H23BrFN5O5S. The van der Waals surface area contributed by atoms with Crippen molar-refractivity contribution in [1.29, 1.82) is 0 Å². The molecule has 0 spiro atoms. The number of amidine groups is 1. The molecule has 0 radical (unpaired) electrons. The molecular weight excluding hydrogens is 545 g/mol. The number of nitrogens with zero attached hydrogens (tertiary/aromatic N) is 3. The molecule has 2 aliphatic rings. The van der Waals surface area contributed by atoms with Crippen LogP contribution in [0.15, 0.2) is 50.5 Å². The highest BCUT2D eigenvalue weighted by molar-refractivity contribution is 9.10. The molecule has 3 heterocycles. The highest BCUT2D eigenvalue weighted by Crippen LogP contribution is 2.37. The Kier molecular flexibility index (Phi) is 8.23. The SMILES string of the molecule is CCOC(=O)C1=C(CN2CCOC[C@H]2C(=O)NO)NC(c2nccs2)=NC1c1ccc(F)cc1Br. The monoisotopic (exact) mass is 567 g/mol. The van der Waals surface area contributed by atoms with Gasteiger partial charge in [-0.3, -0.25) is 19.9 Å². The van der Waals surface area contributed by atoms with Gasteiger partial charge in [0.25, 0.3) is 5.91 Å². The molecule has 2 aromatic rings. The molecule has 1 amide bonds. The smallest absolute Gasteiger partial charge is 0.338 e. The number of aromatic nitrogens is 1. The summed E-state index contributed by atoms with van der Waals surface area (Å²) in [4.78, 5) is 36.4. The predicted octanol–water partition coefficient (Wildman–Crippen LogP) is 2.16. The van der Waals surface area contributed by atoms with Gasteiger partial charge in [0.15, 0.2) is 10.8 Å². The zero-order chi connectivity index (χ0) is 24.9. The molecule has 35 heavy (non-hydrogen) atoms. The quantitative estimate of drug-likeness (QED) is 0.264. The Hall–Kier alpha value is -2.71. The number of aliphatic imine (C=N–C) groups is 1. The molecule has 186 valence electrons. The number of carbonyl (C=O) groups excluding carboxylic acids is 2. The summed E-state index contributed by atoms with van der Waals surface area (Å²) in [5, 5.41) is 14.8. The lowest BCUT2D eigenvalue weighted by molar-refractivity contribution is -0.140. The van der Waals surface area contributed by atoms with Gasteiger partial charge < -0.3 is 14.8 Å². The molecule has 0 saturated carbocycles. The Morgan fingerprint density at radius 3 is 2.97 bits per heavy atom. The number of halogens is 2. The van der Waals surface area contributed by atoms with Crippen LogP contribution < -0.4 is 10.8 Å². The van der Waals surface area contributed by atoms with Gasteiger partial charge >= 0.3 is 5.97 Å². The number of esters is 1. The molecule has 10 nitrogen and oxygen atoms in total. The van der Waals surface area contributed by atoms with Crippen LogP contribution in [0.4, 0.5) is 4.39 Å². The van der Waals surface area contributed by atoms with Gasteiger partial charge in [0.05, 0.1) is 25.4 Å². The van der Waals surface area contributed by atoms with Crippen LogP contribution in [0.3, 0.4) is 0 Å². The molecule has 1 aromatic heterocycles. The highest BCUT2D eigenvalue weighted by atomic mass is 79.9. The molecule has 1 saturated heterocycles. The minimum absolute atomic E-state index is 0.0782. The average molecular weight is 568 g/mol. The Morgan fingerprint density at radius 1 is 1.46 bits per heavy atom. The largest absolute Gasteiger partial charge is 0.463 e. The third-order valence-corrected chi connectivity index (χ3v) is 6.99. The molecule has 1 fully saturated rings. The number of hydroxylamine groups is 1. The summed E-state index contributed by atoms with van der Waals surface area (Å²) in [6.45, 7) is 2.81. The summed E-state index contributed by atoms with van der Waals surface area (Å²) in [6.07, 6.45) is 1.64. The van der Waals surface area contributed by atoms with Crippen molar-refractivity contribution in [2.75, 3.05) is 32.9 Å². The van der Waals surface area contributed by atoms with Gasteiger partial charge in [0.1, 0.15) is 17.9 Å². The van der Waals surface area contributed by atoms with E-state index in [0.29, 0.717) is 39.7 Å². The van der Waals surface area contributed by atoms with E-state index in [1.165, 1.54) is 23.5 Å². The summed E-state index contributed by atoms with van der Waals surface area (Å²) >= 11 is 4.76. The number of nitrogens with one attached hydrogen (secondary N) is 2. The first-order chi connectivity index (χ1) is 16.9. The van der Waals surface area contributed by atoms with Crippen molar-refractivity contribution in [3.05, 3.63) is 61.9 Å². The van der Waals surface area contributed by atoms with E-state index < -0.39 is 29.8 Å². The maximum atomic E-state index is 13.9. The van der Waals surface area contributed by atoms with Gasteiger partial charge in [0.2, 0.25) is 0 Å². The van der Waals surface area contributed by atoms with Crippen molar-refractivity contribution in [3.8, 4) is 0 Å².